The fourth-order valence-corrected chi connectivity index (χ4v) is 3.63. The quantitative estimate of drug-likeness (QED) is 0.885. The van der Waals surface area contributed by atoms with Gasteiger partial charge < -0.3 is 5.11 Å². The summed E-state index contributed by atoms with van der Waals surface area (Å²) in [6, 6.07) is 5.22. The van der Waals surface area contributed by atoms with Crippen molar-refractivity contribution in [3.05, 3.63) is 34.4 Å². The van der Waals surface area contributed by atoms with E-state index in [0.717, 1.165) is 13.1 Å². The van der Waals surface area contributed by atoms with Gasteiger partial charge in [-0.2, -0.15) is 0 Å². The van der Waals surface area contributed by atoms with Crippen LogP contribution in [0.5, 0.6) is 0 Å². The summed E-state index contributed by atoms with van der Waals surface area (Å²) in [5, 5.41) is 9.39. The van der Waals surface area contributed by atoms with Crippen LogP contribution in [0.15, 0.2) is 12.1 Å². The van der Waals surface area contributed by atoms with Crippen molar-refractivity contribution in [1.82, 2.24) is 4.90 Å². The minimum atomic E-state index is 0.264. The predicted molar refractivity (Wildman–Crippen MR) is 85.0 cm³/mol. The molecule has 1 aromatic carbocycles. The Kier molecular flexibility index (Phi) is 5.62. The van der Waals surface area contributed by atoms with E-state index in [1.807, 2.05) is 0 Å². The SMILES string of the molecule is Cc1cc(C)c(CN(CCO)C2CCCCC2)c(C)c1. The number of rotatable bonds is 5. The fourth-order valence-electron chi connectivity index (χ4n) is 3.63. The van der Waals surface area contributed by atoms with Gasteiger partial charge in [-0.25, -0.2) is 0 Å². The van der Waals surface area contributed by atoms with E-state index in [9.17, 15) is 5.11 Å². The number of aliphatic hydroxyl groups is 1. The molecule has 1 aliphatic rings. The lowest BCUT2D eigenvalue weighted by molar-refractivity contribution is 0.117. The predicted octanol–water partition coefficient (Wildman–Crippen LogP) is 3.74. The van der Waals surface area contributed by atoms with Crippen LogP contribution in [-0.2, 0) is 6.54 Å². The summed E-state index contributed by atoms with van der Waals surface area (Å²) >= 11 is 0. The maximum Gasteiger partial charge on any atom is 0.0558 e. The summed E-state index contributed by atoms with van der Waals surface area (Å²) < 4.78 is 0. The maximum atomic E-state index is 9.39. The van der Waals surface area contributed by atoms with Gasteiger partial charge in [-0.15, -0.1) is 0 Å². The van der Waals surface area contributed by atoms with Crippen LogP contribution in [0.3, 0.4) is 0 Å². The minimum absolute atomic E-state index is 0.264. The molecule has 1 N–H and O–H groups in total. The maximum absolute atomic E-state index is 9.39. The molecule has 1 fully saturated rings. The van der Waals surface area contributed by atoms with E-state index in [2.05, 4.69) is 37.8 Å². The third-order valence-corrected chi connectivity index (χ3v) is 4.68. The highest BCUT2D eigenvalue weighted by molar-refractivity contribution is 5.37. The van der Waals surface area contributed by atoms with Crippen LogP contribution < -0.4 is 0 Å². The van der Waals surface area contributed by atoms with Crippen molar-refractivity contribution in [2.75, 3.05) is 13.2 Å². The second-order valence-electron chi connectivity index (χ2n) is 6.36. The van der Waals surface area contributed by atoms with E-state index in [1.165, 1.54) is 54.4 Å². The van der Waals surface area contributed by atoms with Crippen LogP contribution >= 0.6 is 0 Å². The van der Waals surface area contributed by atoms with Gasteiger partial charge in [0.05, 0.1) is 6.61 Å². The molecular weight excluding hydrogens is 246 g/mol. The Hall–Kier alpha value is -0.860. The third kappa shape index (κ3) is 3.83. The zero-order chi connectivity index (χ0) is 14.5. The average molecular weight is 275 g/mol. The van der Waals surface area contributed by atoms with Gasteiger partial charge in [0.2, 0.25) is 0 Å². The van der Waals surface area contributed by atoms with Crippen molar-refractivity contribution in [2.24, 2.45) is 0 Å². The monoisotopic (exact) mass is 275 g/mol. The lowest BCUT2D eigenvalue weighted by Crippen LogP contribution is -2.38. The number of nitrogens with zero attached hydrogens (tertiary/aromatic N) is 1. The van der Waals surface area contributed by atoms with Gasteiger partial charge in [0.25, 0.3) is 0 Å². The molecule has 0 radical (unpaired) electrons. The third-order valence-electron chi connectivity index (χ3n) is 4.68. The Morgan fingerprint density at radius 1 is 1.05 bits per heavy atom. The van der Waals surface area contributed by atoms with Crippen molar-refractivity contribution >= 4 is 0 Å². The van der Waals surface area contributed by atoms with E-state index in [4.69, 9.17) is 0 Å². The molecule has 0 atom stereocenters. The first-order valence-corrected chi connectivity index (χ1v) is 8.03. The Bertz CT molecular complexity index is 412. The van der Waals surface area contributed by atoms with E-state index in [1.54, 1.807) is 0 Å². The highest BCUT2D eigenvalue weighted by atomic mass is 16.3. The van der Waals surface area contributed by atoms with E-state index in [-0.39, 0.29) is 6.61 Å². The van der Waals surface area contributed by atoms with Gasteiger partial charge in [0.15, 0.2) is 0 Å². The Morgan fingerprint density at radius 2 is 1.65 bits per heavy atom. The number of benzene rings is 1. The molecule has 2 nitrogen and oxygen atoms in total. The Labute approximate surface area is 123 Å². The van der Waals surface area contributed by atoms with Crippen molar-refractivity contribution in [2.45, 2.75) is 65.5 Å². The normalized spacial score (nSPS) is 16.9. The molecule has 0 aromatic heterocycles. The molecule has 0 aliphatic heterocycles. The first-order chi connectivity index (χ1) is 9.61. The van der Waals surface area contributed by atoms with Crippen LogP contribution in [0.25, 0.3) is 0 Å². The first-order valence-electron chi connectivity index (χ1n) is 8.03. The average Bonchev–Trinajstić information content (AvgIpc) is 2.42. The van der Waals surface area contributed by atoms with Crippen LogP contribution in [0, 0.1) is 20.8 Å². The molecule has 1 saturated carbocycles. The summed E-state index contributed by atoms with van der Waals surface area (Å²) in [7, 11) is 0. The highest BCUT2D eigenvalue weighted by Crippen LogP contribution is 2.26. The Balaban J connectivity index is 2.15. The smallest absolute Gasteiger partial charge is 0.0558 e. The minimum Gasteiger partial charge on any atom is -0.395 e. The first kappa shape index (κ1) is 15.5. The van der Waals surface area contributed by atoms with Gasteiger partial charge in [-0.1, -0.05) is 37.0 Å². The molecule has 2 rings (SSSR count). The number of hydrogen-bond donors (Lipinski definition) is 1. The molecule has 2 heteroatoms. The number of aliphatic hydroxyl groups excluding tert-OH is 1. The van der Waals surface area contributed by atoms with Gasteiger partial charge in [0.1, 0.15) is 0 Å². The van der Waals surface area contributed by atoms with Crippen molar-refractivity contribution in [3.63, 3.8) is 0 Å². The summed E-state index contributed by atoms with van der Waals surface area (Å²) in [6.45, 7) is 8.65. The second kappa shape index (κ2) is 7.24. The van der Waals surface area contributed by atoms with Gasteiger partial charge in [0, 0.05) is 19.1 Å². The van der Waals surface area contributed by atoms with E-state index in [0.29, 0.717) is 6.04 Å². The molecule has 20 heavy (non-hydrogen) atoms. The molecule has 0 spiro atoms. The van der Waals surface area contributed by atoms with Crippen molar-refractivity contribution in [3.8, 4) is 0 Å². The van der Waals surface area contributed by atoms with Gasteiger partial charge in [-0.05, 0) is 50.3 Å². The molecule has 0 heterocycles. The summed E-state index contributed by atoms with van der Waals surface area (Å²) in [6.07, 6.45) is 6.66. The molecule has 1 aliphatic carbocycles. The Morgan fingerprint density at radius 3 is 2.20 bits per heavy atom. The van der Waals surface area contributed by atoms with Gasteiger partial charge in [-0.3, -0.25) is 4.90 Å². The van der Waals surface area contributed by atoms with Crippen molar-refractivity contribution < 1.29 is 5.11 Å². The van der Waals surface area contributed by atoms with Crippen LogP contribution in [0.1, 0.15) is 54.4 Å². The van der Waals surface area contributed by atoms with Crippen LogP contribution in [-0.4, -0.2) is 29.2 Å². The zero-order valence-electron chi connectivity index (χ0n) is 13.3. The molecular formula is C18H29NO. The lowest BCUT2D eigenvalue weighted by atomic mass is 9.92. The summed E-state index contributed by atoms with van der Waals surface area (Å²) in [5.41, 5.74) is 5.58. The summed E-state index contributed by atoms with van der Waals surface area (Å²) in [4.78, 5) is 2.50. The molecule has 0 unspecified atom stereocenters. The number of aryl methyl sites for hydroxylation is 3. The topological polar surface area (TPSA) is 23.5 Å². The summed E-state index contributed by atoms with van der Waals surface area (Å²) in [5.74, 6) is 0. The zero-order valence-corrected chi connectivity index (χ0v) is 13.3. The van der Waals surface area contributed by atoms with E-state index >= 15 is 0 Å². The largest absolute Gasteiger partial charge is 0.395 e. The van der Waals surface area contributed by atoms with Crippen LogP contribution in [0.4, 0.5) is 0 Å². The molecule has 1 aromatic rings. The van der Waals surface area contributed by atoms with Crippen molar-refractivity contribution in [1.29, 1.82) is 0 Å². The van der Waals surface area contributed by atoms with Crippen LogP contribution in [0.2, 0.25) is 0 Å². The molecule has 0 amide bonds. The number of hydrogen-bond acceptors (Lipinski definition) is 2. The molecule has 112 valence electrons. The van der Waals surface area contributed by atoms with Gasteiger partial charge >= 0.3 is 0 Å². The lowest BCUT2D eigenvalue weighted by Gasteiger charge is -2.34. The highest BCUT2D eigenvalue weighted by Gasteiger charge is 2.21. The molecule has 0 saturated heterocycles. The van der Waals surface area contributed by atoms with E-state index < -0.39 is 0 Å². The molecule has 0 bridgehead atoms. The standard InChI is InChI=1S/C18H29NO/c1-14-11-15(2)18(16(3)12-14)13-19(9-10-20)17-7-5-4-6-8-17/h11-12,17,20H,4-10,13H2,1-3H3. The second-order valence-corrected chi connectivity index (χ2v) is 6.36. The fraction of sp³-hybridized carbons (Fsp3) is 0.667.